The molecule has 1 aromatic rings. The Labute approximate surface area is 98.2 Å². The van der Waals surface area contributed by atoms with E-state index in [0.717, 1.165) is 13.1 Å². The fourth-order valence-corrected chi connectivity index (χ4v) is 2.76. The third-order valence-electron chi connectivity index (χ3n) is 4.06. The number of hydrogen-bond acceptors (Lipinski definition) is 2. The molecule has 88 valence electrons. The second-order valence-electron chi connectivity index (χ2n) is 4.99. The van der Waals surface area contributed by atoms with Crippen molar-refractivity contribution in [3.8, 4) is 0 Å². The van der Waals surface area contributed by atoms with E-state index in [2.05, 4.69) is 42.6 Å². The van der Waals surface area contributed by atoms with Gasteiger partial charge in [0.25, 0.3) is 0 Å². The Bertz CT molecular complexity index is 323. The Morgan fingerprint density at radius 2 is 2.12 bits per heavy atom. The molecule has 0 amide bonds. The van der Waals surface area contributed by atoms with Crippen LogP contribution >= 0.6 is 0 Å². The minimum Gasteiger partial charge on any atom is -0.329 e. The van der Waals surface area contributed by atoms with Gasteiger partial charge in [0.1, 0.15) is 0 Å². The zero-order chi connectivity index (χ0) is 11.4. The zero-order valence-electron chi connectivity index (χ0n) is 10.1. The first-order valence-electron chi connectivity index (χ1n) is 6.26. The number of hydrogen-bond donors (Lipinski definition) is 2. The summed E-state index contributed by atoms with van der Waals surface area (Å²) >= 11 is 0. The van der Waals surface area contributed by atoms with Crippen molar-refractivity contribution in [1.29, 1.82) is 0 Å². The fraction of sp³-hybridized carbons (Fsp3) is 0.571. The quantitative estimate of drug-likeness (QED) is 0.813. The molecular formula is C14H22N2. The Hall–Kier alpha value is -0.860. The zero-order valence-corrected chi connectivity index (χ0v) is 10.1. The standard InChI is InChI=1S/C14H22N2/c1-12-6-5-9-14(12,11-15)16-10-13-7-3-2-4-8-13/h2-4,7-8,12,16H,5-6,9-11,15H2,1H3. The van der Waals surface area contributed by atoms with E-state index >= 15 is 0 Å². The van der Waals surface area contributed by atoms with Gasteiger partial charge in [-0.3, -0.25) is 0 Å². The first-order chi connectivity index (χ1) is 7.77. The summed E-state index contributed by atoms with van der Waals surface area (Å²) in [5.74, 6) is 0.696. The van der Waals surface area contributed by atoms with E-state index in [9.17, 15) is 0 Å². The third-order valence-corrected chi connectivity index (χ3v) is 4.06. The second-order valence-corrected chi connectivity index (χ2v) is 4.99. The van der Waals surface area contributed by atoms with Crippen LogP contribution in [0.4, 0.5) is 0 Å². The highest BCUT2D eigenvalue weighted by Crippen LogP contribution is 2.34. The molecule has 1 saturated carbocycles. The normalized spacial score (nSPS) is 29.5. The lowest BCUT2D eigenvalue weighted by Gasteiger charge is -2.34. The van der Waals surface area contributed by atoms with E-state index in [1.165, 1.54) is 24.8 Å². The average Bonchev–Trinajstić information content (AvgIpc) is 2.70. The molecule has 0 spiro atoms. The molecule has 0 aliphatic heterocycles. The molecule has 16 heavy (non-hydrogen) atoms. The lowest BCUT2D eigenvalue weighted by molar-refractivity contribution is 0.264. The largest absolute Gasteiger partial charge is 0.329 e. The van der Waals surface area contributed by atoms with Gasteiger partial charge in [0.15, 0.2) is 0 Å². The molecule has 2 rings (SSSR count). The van der Waals surface area contributed by atoms with Crippen molar-refractivity contribution in [3.63, 3.8) is 0 Å². The molecular weight excluding hydrogens is 196 g/mol. The molecule has 0 aromatic heterocycles. The summed E-state index contributed by atoms with van der Waals surface area (Å²) < 4.78 is 0. The van der Waals surface area contributed by atoms with Gasteiger partial charge in [-0.25, -0.2) is 0 Å². The molecule has 0 radical (unpaired) electrons. The van der Waals surface area contributed by atoms with Gasteiger partial charge in [0.05, 0.1) is 0 Å². The molecule has 2 nitrogen and oxygen atoms in total. The van der Waals surface area contributed by atoms with Gasteiger partial charge in [-0.05, 0) is 24.3 Å². The van der Waals surface area contributed by atoms with E-state index < -0.39 is 0 Å². The summed E-state index contributed by atoms with van der Waals surface area (Å²) in [6.07, 6.45) is 3.83. The van der Waals surface area contributed by atoms with Gasteiger partial charge in [-0.1, -0.05) is 43.7 Å². The van der Waals surface area contributed by atoms with Gasteiger partial charge in [-0.2, -0.15) is 0 Å². The maximum atomic E-state index is 5.96. The highest BCUT2D eigenvalue weighted by molar-refractivity contribution is 5.15. The van der Waals surface area contributed by atoms with E-state index in [1.54, 1.807) is 0 Å². The van der Waals surface area contributed by atoms with Crippen molar-refractivity contribution >= 4 is 0 Å². The van der Waals surface area contributed by atoms with Crippen molar-refractivity contribution in [2.45, 2.75) is 38.3 Å². The Balaban J connectivity index is 1.98. The van der Waals surface area contributed by atoms with Crippen LogP contribution < -0.4 is 11.1 Å². The van der Waals surface area contributed by atoms with Crippen LogP contribution in [0.3, 0.4) is 0 Å². The molecule has 1 aromatic carbocycles. The van der Waals surface area contributed by atoms with Crippen molar-refractivity contribution in [1.82, 2.24) is 5.32 Å². The summed E-state index contributed by atoms with van der Waals surface area (Å²) in [5, 5.41) is 3.69. The lowest BCUT2D eigenvalue weighted by Crippen LogP contribution is -2.52. The molecule has 1 fully saturated rings. The van der Waals surface area contributed by atoms with Crippen LogP contribution in [0.25, 0.3) is 0 Å². The van der Waals surface area contributed by atoms with Crippen LogP contribution in [0.5, 0.6) is 0 Å². The van der Waals surface area contributed by atoms with Crippen LogP contribution in [-0.4, -0.2) is 12.1 Å². The first kappa shape index (κ1) is 11.6. The van der Waals surface area contributed by atoms with Crippen molar-refractivity contribution < 1.29 is 0 Å². The van der Waals surface area contributed by atoms with Crippen LogP contribution in [0.15, 0.2) is 30.3 Å². The van der Waals surface area contributed by atoms with Crippen molar-refractivity contribution in [2.24, 2.45) is 11.7 Å². The summed E-state index contributed by atoms with van der Waals surface area (Å²) in [7, 11) is 0. The SMILES string of the molecule is CC1CCCC1(CN)NCc1ccccc1. The number of nitrogens with one attached hydrogen (secondary N) is 1. The summed E-state index contributed by atoms with van der Waals surface area (Å²) in [6, 6.07) is 10.6. The predicted octanol–water partition coefficient (Wildman–Crippen LogP) is 2.29. The van der Waals surface area contributed by atoms with E-state index in [4.69, 9.17) is 5.73 Å². The van der Waals surface area contributed by atoms with Crippen LogP contribution in [0, 0.1) is 5.92 Å². The number of rotatable bonds is 4. The minimum atomic E-state index is 0.176. The van der Waals surface area contributed by atoms with Crippen LogP contribution in [0.2, 0.25) is 0 Å². The number of nitrogens with two attached hydrogens (primary N) is 1. The van der Waals surface area contributed by atoms with E-state index in [-0.39, 0.29) is 5.54 Å². The minimum absolute atomic E-state index is 0.176. The molecule has 0 bridgehead atoms. The maximum absolute atomic E-state index is 5.96. The summed E-state index contributed by atoms with van der Waals surface area (Å²) in [5.41, 5.74) is 7.48. The van der Waals surface area contributed by atoms with E-state index in [0.29, 0.717) is 5.92 Å². The van der Waals surface area contributed by atoms with Gasteiger partial charge < -0.3 is 11.1 Å². The molecule has 2 heteroatoms. The molecule has 1 aliphatic carbocycles. The van der Waals surface area contributed by atoms with Gasteiger partial charge in [-0.15, -0.1) is 0 Å². The second kappa shape index (κ2) is 4.98. The fourth-order valence-electron chi connectivity index (χ4n) is 2.76. The highest BCUT2D eigenvalue weighted by atomic mass is 15.0. The topological polar surface area (TPSA) is 38.0 Å². The average molecular weight is 218 g/mol. The Kier molecular flexibility index (Phi) is 3.62. The van der Waals surface area contributed by atoms with Gasteiger partial charge >= 0.3 is 0 Å². The maximum Gasteiger partial charge on any atom is 0.0332 e. The summed E-state index contributed by atoms with van der Waals surface area (Å²) in [6.45, 7) is 4.00. The van der Waals surface area contributed by atoms with Crippen molar-refractivity contribution in [2.75, 3.05) is 6.54 Å². The predicted molar refractivity (Wildman–Crippen MR) is 68.1 cm³/mol. The molecule has 1 aliphatic rings. The van der Waals surface area contributed by atoms with Crippen molar-refractivity contribution in [3.05, 3.63) is 35.9 Å². The monoisotopic (exact) mass is 218 g/mol. The lowest BCUT2D eigenvalue weighted by atomic mass is 9.88. The summed E-state index contributed by atoms with van der Waals surface area (Å²) in [4.78, 5) is 0. The molecule has 3 N–H and O–H groups in total. The third kappa shape index (κ3) is 2.28. The van der Waals surface area contributed by atoms with Gasteiger partial charge in [0.2, 0.25) is 0 Å². The highest BCUT2D eigenvalue weighted by Gasteiger charge is 2.38. The van der Waals surface area contributed by atoms with Crippen LogP contribution in [0.1, 0.15) is 31.7 Å². The first-order valence-corrected chi connectivity index (χ1v) is 6.26. The molecule has 0 heterocycles. The van der Waals surface area contributed by atoms with E-state index in [1.807, 2.05) is 0 Å². The molecule has 2 unspecified atom stereocenters. The smallest absolute Gasteiger partial charge is 0.0332 e. The Morgan fingerprint density at radius 1 is 1.38 bits per heavy atom. The Morgan fingerprint density at radius 3 is 2.69 bits per heavy atom. The van der Waals surface area contributed by atoms with Gasteiger partial charge in [0, 0.05) is 18.6 Å². The molecule has 0 saturated heterocycles. The molecule has 2 atom stereocenters. The number of benzene rings is 1. The van der Waals surface area contributed by atoms with Crippen LogP contribution in [-0.2, 0) is 6.54 Å².